The van der Waals surface area contributed by atoms with E-state index in [1.165, 1.54) is 0 Å². The summed E-state index contributed by atoms with van der Waals surface area (Å²) >= 11 is 0. The van der Waals surface area contributed by atoms with E-state index in [0.717, 1.165) is 5.69 Å². The zero-order chi connectivity index (χ0) is 26.5. The Morgan fingerprint density at radius 3 is 2.22 bits per heavy atom. The second kappa shape index (κ2) is 11.3. The monoisotopic (exact) mass is 497 g/mol. The Labute approximate surface area is 212 Å². The first-order valence-corrected chi connectivity index (χ1v) is 12.1. The Morgan fingerprint density at radius 1 is 1.06 bits per heavy atom. The SMILES string of the molecule is CCC(Oc1ccc(NC(=O)c2ccc(N3CCN(C(=O)OC(C)(C)C)C(C)C3)cc2)cc1)C(=O)O. The van der Waals surface area contributed by atoms with Crippen LogP contribution in [0.3, 0.4) is 0 Å². The van der Waals surface area contributed by atoms with E-state index in [2.05, 4.69) is 10.2 Å². The highest BCUT2D eigenvalue weighted by atomic mass is 16.6. The number of rotatable bonds is 7. The molecule has 2 N–H and O–H groups in total. The van der Waals surface area contributed by atoms with Crippen molar-refractivity contribution in [2.24, 2.45) is 0 Å². The lowest BCUT2D eigenvalue weighted by Crippen LogP contribution is -2.55. The van der Waals surface area contributed by atoms with E-state index in [9.17, 15) is 14.4 Å². The van der Waals surface area contributed by atoms with E-state index in [1.807, 2.05) is 39.8 Å². The number of carboxylic acids is 1. The van der Waals surface area contributed by atoms with Crippen molar-refractivity contribution in [3.8, 4) is 5.75 Å². The lowest BCUT2D eigenvalue weighted by Gasteiger charge is -2.41. The van der Waals surface area contributed by atoms with E-state index >= 15 is 0 Å². The molecule has 0 radical (unpaired) electrons. The van der Waals surface area contributed by atoms with Crippen LogP contribution in [0.15, 0.2) is 48.5 Å². The summed E-state index contributed by atoms with van der Waals surface area (Å²) in [5.74, 6) is -0.847. The molecule has 9 heteroatoms. The Balaban J connectivity index is 1.56. The molecule has 2 atom stereocenters. The average Bonchev–Trinajstić information content (AvgIpc) is 2.82. The molecule has 1 saturated heterocycles. The van der Waals surface area contributed by atoms with Crippen molar-refractivity contribution in [1.82, 2.24) is 4.90 Å². The van der Waals surface area contributed by atoms with Crippen LogP contribution in [0.2, 0.25) is 0 Å². The maximum absolute atomic E-state index is 12.7. The maximum Gasteiger partial charge on any atom is 0.410 e. The number of ether oxygens (including phenoxy) is 2. The lowest BCUT2D eigenvalue weighted by atomic mass is 10.1. The number of carbonyl (C=O) groups is 3. The van der Waals surface area contributed by atoms with E-state index < -0.39 is 17.7 Å². The van der Waals surface area contributed by atoms with Gasteiger partial charge in [-0.05, 0) is 82.6 Å². The number of piperazine rings is 1. The molecular weight excluding hydrogens is 462 g/mol. The van der Waals surface area contributed by atoms with Crippen LogP contribution in [0.5, 0.6) is 5.75 Å². The van der Waals surface area contributed by atoms with Gasteiger partial charge in [-0.25, -0.2) is 9.59 Å². The van der Waals surface area contributed by atoms with Gasteiger partial charge in [-0.3, -0.25) is 4.79 Å². The number of amides is 2. The Hall–Kier alpha value is -3.75. The number of carboxylic acid groups (broad SMARTS) is 1. The van der Waals surface area contributed by atoms with Gasteiger partial charge in [0.2, 0.25) is 0 Å². The van der Waals surface area contributed by atoms with E-state index in [1.54, 1.807) is 48.2 Å². The molecule has 1 heterocycles. The fourth-order valence-electron chi connectivity index (χ4n) is 3.90. The highest BCUT2D eigenvalue weighted by Gasteiger charge is 2.31. The molecule has 1 aliphatic rings. The van der Waals surface area contributed by atoms with Crippen molar-refractivity contribution >= 4 is 29.3 Å². The van der Waals surface area contributed by atoms with Gasteiger partial charge in [0.15, 0.2) is 6.10 Å². The summed E-state index contributed by atoms with van der Waals surface area (Å²) in [4.78, 5) is 40.2. The van der Waals surface area contributed by atoms with Gasteiger partial charge in [0.1, 0.15) is 11.4 Å². The summed E-state index contributed by atoms with van der Waals surface area (Å²) in [6.07, 6.45) is -0.858. The minimum absolute atomic E-state index is 0.00775. The number of anilines is 2. The van der Waals surface area contributed by atoms with Crippen molar-refractivity contribution in [3.05, 3.63) is 54.1 Å². The van der Waals surface area contributed by atoms with Gasteiger partial charge in [0, 0.05) is 42.6 Å². The van der Waals surface area contributed by atoms with Crippen LogP contribution >= 0.6 is 0 Å². The first-order valence-electron chi connectivity index (χ1n) is 12.1. The van der Waals surface area contributed by atoms with Gasteiger partial charge >= 0.3 is 12.1 Å². The predicted molar refractivity (Wildman–Crippen MR) is 138 cm³/mol. The fourth-order valence-corrected chi connectivity index (χ4v) is 3.90. The van der Waals surface area contributed by atoms with Gasteiger partial charge in [-0.2, -0.15) is 0 Å². The topological polar surface area (TPSA) is 108 Å². The quantitative estimate of drug-likeness (QED) is 0.574. The zero-order valence-corrected chi connectivity index (χ0v) is 21.5. The summed E-state index contributed by atoms with van der Waals surface area (Å²) in [7, 11) is 0. The molecule has 0 spiro atoms. The largest absolute Gasteiger partial charge is 0.479 e. The molecule has 2 aromatic carbocycles. The van der Waals surface area contributed by atoms with E-state index in [-0.39, 0.29) is 18.0 Å². The van der Waals surface area contributed by atoms with Crippen LogP contribution < -0.4 is 15.0 Å². The van der Waals surface area contributed by atoms with Gasteiger partial charge in [-0.15, -0.1) is 0 Å². The third-order valence-electron chi connectivity index (χ3n) is 5.79. The highest BCUT2D eigenvalue weighted by molar-refractivity contribution is 6.04. The molecule has 194 valence electrons. The van der Waals surface area contributed by atoms with Crippen molar-refractivity contribution in [1.29, 1.82) is 0 Å². The minimum atomic E-state index is -1.02. The van der Waals surface area contributed by atoms with Crippen molar-refractivity contribution in [2.75, 3.05) is 29.9 Å². The molecule has 2 aromatic rings. The third kappa shape index (κ3) is 7.13. The van der Waals surface area contributed by atoms with Gasteiger partial charge < -0.3 is 29.7 Å². The predicted octanol–water partition coefficient (Wildman–Crippen LogP) is 4.63. The molecule has 0 bridgehead atoms. The van der Waals surface area contributed by atoms with Gasteiger partial charge in [-0.1, -0.05) is 6.92 Å². The number of aliphatic carboxylic acids is 1. The molecule has 0 aliphatic carbocycles. The molecular formula is C27H35N3O6. The summed E-state index contributed by atoms with van der Waals surface area (Å²) in [6.45, 7) is 11.2. The molecule has 2 unspecified atom stereocenters. The molecule has 9 nitrogen and oxygen atoms in total. The average molecular weight is 498 g/mol. The number of benzene rings is 2. The molecule has 0 aromatic heterocycles. The second-order valence-electron chi connectivity index (χ2n) is 9.85. The molecule has 3 rings (SSSR count). The van der Waals surface area contributed by atoms with Crippen LogP contribution in [0.25, 0.3) is 0 Å². The third-order valence-corrected chi connectivity index (χ3v) is 5.79. The molecule has 1 aliphatic heterocycles. The van der Waals surface area contributed by atoms with Gasteiger partial charge in [0.05, 0.1) is 0 Å². The number of nitrogens with zero attached hydrogens (tertiary/aromatic N) is 2. The Bertz CT molecular complexity index is 1060. The Morgan fingerprint density at radius 2 is 1.69 bits per heavy atom. The number of hydrogen-bond acceptors (Lipinski definition) is 6. The lowest BCUT2D eigenvalue weighted by molar-refractivity contribution is -0.145. The molecule has 2 amide bonds. The zero-order valence-electron chi connectivity index (χ0n) is 21.5. The van der Waals surface area contributed by atoms with E-state index in [4.69, 9.17) is 14.6 Å². The molecule has 36 heavy (non-hydrogen) atoms. The van der Waals surface area contributed by atoms with Crippen LogP contribution in [0, 0.1) is 0 Å². The van der Waals surface area contributed by atoms with Crippen molar-refractivity contribution in [2.45, 2.75) is 58.8 Å². The number of carbonyl (C=O) groups excluding carboxylic acids is 2. The summed E-state index contributed by atoms with van der Waals surface area (Å²) in [5.41, 5.74) is 1.54. The number of hydrogen-bond donors (Lipinski definition) is 2. The first kappa shape index (κ1) is 26.8. The first-order chi connectivity index (χ1) is 17.0. The number of nitrogens with one attached hydrogen (secondary N) is 1. The highest BCUT2D eigenvalue weighted by Crippen LogP contribution is 2.23. The molecule has 0 saturated carbocycles. The second-order valence-corrected chi connectivity index (χ2v) is 9.85. The smallest absolute Gasteiger partial charge is 0.410 e. The van der Waals surface area contributed by atoms with Gasteiger partial charge in [0.25, 0.3) is 5.91 Å². The Kier molecular flexibility index (Phi) is 8.45. The summed E-state index contributed by atoms with van der Waals surface area (Å²) < 4.78 is 11.0. The van der Waals surface area contributed by atoms with Crippen LogP contribution in [-0.4, -0.2) is 65.4 Å². The van der Waals surface area contributed by atoms with Crippen LogP contribution in [0.1, 0.15) is 51.4 Å². The maximum atomic E-state index is 12.7. The van der Waals surface area contributed by atoms with Crippen LogP contribution in [-0.2, 0) is 9.53 Å². The van der Waals surface area contributed by atoms with Crippen molar-refractivity contribution < 1.29 is 29.0 Å². The molecule has 1 fully saturated rings. The normalized spacial score (nSPS) is 16.8. The minimum Gasteiger partial charge on any atom is -0.479 e. The summed E-state index contributed by atoms with van der Waals surface area (Å²) in [5, 5.41) is 12.0. The van der Waals surface area contributed by atoms with Crippen LogP contribution in [0.4, 0.5) is 16.2 Å². The fraction of sp³-hybridized carbons (Fsp3) is 0.444. The van der Waals surface area contributed by atoms with Crippen molar-refractivity contribution in [3.63, 3.8) is 0 Å². The van der Waals surface area contributed by atoms with E-state index in [0.29, 0.717) is 43.1 Å². The summed E-state index contributed by atoms with van der Waals surface area (Å²) in [6, 6.07) is 13.9. The standard InChI is InChI=1S/C27H35N3O6/c1-6-23(25(32)33)35-22-13-9-20(10-14-22)28-24(31)19-7-11-21(12-8-19)29-15-16-30(18(2)17-29)26(34)36-27(3,4)5/h7-14,18,23H,6,15-17H2,1-5H3,(H,28,31)(H,32,33).